The van der Waals surface area contributed by atoms with E-state index < -0.39 is 0 Å². The Kier molecular flexibility index (Phi) is 14.2. The first kappa shape index (κ1) is 22.2. The number of alkyl carbamates (subject to hydrolysis) is 1. The molecule has 0 aromatic rings. The zero-order valence-electron chi connectivity index (χ0n) is 15.8. The number of rotatable bonds is 15. The van der Waals surface area contributed by atoms with Crippen LogP contribution in [0, 0.1) is 5.41 Å². The molecule has 0 radical (unpaired) electrons. The van der Waals surface area contributed by atoms with E-state index in [9.17, 15) is 4.79 Å². The summed E-state index contributed by atoms with van der Waals surface area (Å²) < 4.78 is 5.44. The molecule has 0 atom stereocenters. The van der Waals surface area contributed by atoms with Gasteiger partial charge in [-0.3, -0.25) is 0 Å². The fourth-order valence-corrected chi connectivity index (χ4v) is 2.21. The summed E-state index contributed by atoms with van der Waals surface area (Å²) in [6.07, 6.45) is 6.50. The topological polar surface area (TPSA) is 62.4 Å². The molecule has 1 amide bonds. The van der Waals surface area contributed by atoms with Gasteiger partial charge in [0.25, 0.3) is 0 Å². The molecule has 0 unspecified atom stereocenters. The van der Waals surface area contributed by atoms with Crippen molar-refractivity contribution in [3.8, 4) is 0 Å². The van der Waals surface area contributed by atoms with E-state index in [-0.39, 0.29) is 11.5 Å². The molecule has 0 saturated heterocycles. The predicted octanol–water partition coefficient (Wildman–Crippen LogP) is 3.30. The van der Waals surface area contributed by atoms with E-state index in [1.165, 1.54) is 25.7 Å². The van der Waals surface area contributed by atoms with Gasteiger partial charge in [-0.25, -0.2) is 4.79 Å². The van der Waals surface area contributed by atoms with E-state index in [0.717, 1.165) is 39.0 Å². The van der Waals surface area contributed by atoms with E-state index in [2.05, 4.69) is 43.6 Å². The van der Waals surface area contributed by atoms with E-state index in [1.54, 1.807) is 0 Å². The average Bonchev–Trinajstić information content (AvgIpc) is 2.54. The van der Waals surface area contributed by atoms with E-state index in [0.29, 0.717) is 13.2 Å². The summed E-state index contributed by atoms with van der Waals surface area (Å²) in [4.78, 5) is 11.7. The van der Waals surface area contributed by atoms with Gasteiger partial charge in [0.1, 0.15) is 6.61 Å². The monoisotopic (exact) mass is 329 g/mol. The minimum atomic E-state index is -0.299. The van der Waals surface area contributed by atoms with Gasteiger partial charge in [-0.1, -0.05) is 47.0 Å². The Balaban J connectivity index is 4.19. The van der Waals surface area contributed by atoms with Gasteiger partial charge >= 0.3 is 6.09 Å². The zero-order valence-corrected chi connectivity index (χ0v) is 15.8. The van der Waals surface area contributed by atoms with Gasteiger partial charge in [0.05, 0.1) is 0 Å². The average molecular weight is 330 g/mol. The van der Waals surface area contributed by atoms with Crippen molar-refractivity contribution < 1.29 is 9.53 Å². The number of hydrogen-bond acceptors (Lipinski definition) is 4. The fourth-order valence-electron chi connectivity index (χ4n) is 2.21. The summed E-state index contributed by atoms with van der Waals surface area (Å²) in [7, 11) is 0. The van der Waals surface area contributed by atoms with Crippen LogP contribution in [0.15, 0.2) is 0 Å². The van der Waals surface area contributed by atoms with Crippen molar-refractivity contribution >= 4 is 6.09 Å². The van der Waals surface area contributed by atoms with Crippen molar-refractivity contribution in [2.45, 2.75) is 66.2 Å². The minimum Gasteiger partial charge on any atom is -0.449 e. The molecule has 23 heavy (non-hydrogen) atoms. The quantitative estimate of drug-likeness (QED) is 0.403. The Morgan fingerprint density at radius 1 is 0.870 bits per heavy atom. The molecule has 3 N–H and O–H groups in total. The molecule has 0 saturated carbocycles. The lowest BCUT2D eigenvalue weighted by Crippen LogP contribution is -2.45. The van der Waals surface area contributed by atoms with Crippen molar-refractivity contribution in [3.05, 3.63) is 0 Å². The van der Waals surface area contributed by atoms with Crippen molar-refractivity contribution in [1.82, 2.24) is 16.0 Å². The van der Waals surface area contributed by atoms with Crippen LogP contribution in [0.1, 0.15) is 66.2 Å². The van der Waals surface area contributed by atoms with Crippen molar-refractivity contribution in [2.75, 3.05) is 39.3 Å². The van der Waals surface area contributed by atoms with Crippen LogP contribution in [0.4, 0.5) is 4.79 Å². The highest BCUT2D eigenvalue weighted by atomic mass is 16.5. The molecule has 0 bridgehead atoms. The molecule has 0 aliphatic rings. The van der Waals surface area contributed by atoms with Gasteiger partial charge in [0.15, 0.2) is 0 Å². The first-order chi connectivity index (χ1) is 11.1. The van der Waals surface area contributed by atoms with Gasteiger partial charge in [0.2, 0.25) is 0 Å². The van der Waals surface area contributed by atoms with Crippen LogP contribution in [0.25, 0.3) is 0 Å². The largest absolute Gasteiger partial charge is 0.449 e. The Labute approximate surface area is 143 Å². The Morgan fingerprint density at radius 3 is 1.83 bits per heavy atom. The van der Waals surface area contributed by atoms with Crippen LogP contribution >= 0.6 is 0 Å². The SMILES string of the molecule is CCCCNCC(C)(CNCCCC)COC(=O)NCCCC. The van der Waals surface area contributed by atoms with Crippen molar-refractivity contribution in [2.24, 2.45) is 5.41 Å². The maximum Gasteiger partial charge on any atom is 0.407 e. The second kappa shape index (κ2) is 14.8. The van der Waals surface area contributed by atoms with Crippen LogP contribution in [-0.2, 0) is 4.74 Å². The smallest absolute Gasteiger partial charge is 0.407 e. The number of hydrogen-bond donors (Lipinski definition) is 3. The number of amides is 1. The summed E-state index contributed by atoms with van der Waals surface area (Å²) in [6, 6.07) is 0. The summed E-state index contributed by atoms with van der Waals surface area (Å²) in [5.74, 6) is 0. The predicted molar refractivity (Wildman–Crippen MR) is 97.9 cm³/mol. The lowest BCUT2D eigenvalue weighted by atomic mass is 9.91. The first-order valence-corrected chi connectivity index (χ1v) is 9.40. The van der Waals surface area contributed by atoms with Crippen molar-refractivity contribution in [1.29, 1.82) is 0 Å². The van der Waals surface area contributed by atoms with Gasteiger partial charge in [0, 0.05) is 25.0 Å². The molecule has 0 rings (SSSR count). The van der Waals surface area contributed by atoms with Crippen LogP contribution in [0.5, 0.6) is 0 Å². The molecule has 0 aliphatic heterocycles. The van der Waals surface area contributed by atoms with Gasteiger partial charge in [-0.15, -0.1) is 0 Å². The lowest BCUT2D eigenvalue weighted by Gasteiger charge is -2.30. The second-order valence-corrected chi connectivity index (χ2v) is 6.73. The summed E-state index contributed by atoms with van der Waals surface area (Å²) in [6.45, 7) is 13.5. The fraction of sp³-hybridized carbons (Fsp3) is 0.944. The molecule has 0 aromatic heterocycles. The zero-order chi connectivity index (χ0) is 17.4. The van der Waals surface area contributed by atoms with Crippen LogP contribution in [0.3, 0.4) is 0 Å². The van der Waals surface area contributed by atoms with Gasteiger partial charge in [-0.05, 0) is 32.4 Å². The Bertz CT molecular complexity index is 273. The molecule has 5 nitrogen and oxygen atoms in total. The molecule has 5 heteroatoms. The highest BCUT2D eigenvalue weighted by molar-refractivity contribution is 5.67. The number of ether oxygens (including phenoxy) is 1. The lowest BCUT2D eigenvalue weighted by molar-refractivity contribution is 0.0889. The van der Waals surface area contributed by atoms with Crippen LogP contribution in [0.2, 0.25) is 0 Å². The third-order valence-corrected chi connectivity index (χ3v) is 3.87. The molecule has 0 heterocycles. The molecule has 0 aliphatic carbocycles. The number of nitrogens with one attached hydrogen (secondary N) is 3. The number of carbonyl (C=O) groups excluding carboxylic acids is 1. The normalized spacial score (nSPS) is 11.5. The van der Waals surface area contributed by atoms with E-state index in [4.69, 9.17) is 4.74 Å². The third kappa shape index (κ3) is 13.3. The molecule has 0 aromatic carbocycles. The first-order valence-electron chi connectivity index (χ1n) is 9.40. The molecule has 138 valence electrons. The Morgan fingerprint density at radius 2 is 1.35 bits per heavy atom. The number of unbranched alkanes of at least 4 members (excludes halogenated alkanes) is 3. The van der Waals surface area contributed by atoms with Crippen LogP contribution < -0.4 is 16.0 Å². The maximum absolute atomic E-state index is 11.7. The summed E-state index contributed by atoms with van der Waals surface area (Å²) >= 11 is 0. The molecular formula is C18H39N3O2. The molecular weight excluding hydrogens is 290 g/mol. The van der Waals surface area contributed by atoms with E-state index in [1.807, 2.05) is 0 Å². The van der Waals surface area contributed by atoms with Crippen molar-refractivity contribution in [3.63, 3.8) is 0 Å². The highest BCUT2D eigenvalue weighted by Gasteiger charge is 2.25. The van der Waals surface area contributed by atoms with Gasteiger partial charge < -0.3 is 20.7 Å². The van der Waals surface area contributed by atoms with Gasteiger partial charge in [-0.2, -0.15) is 0 Å². The number of carbonyl (C=O) groups is 1. The van der Waals surface area contributed by atoms with E-state index >= 15 is 0 Å². The Hall–Kier alpha value is -0.810. The minimum absolute atomic E-state index is 0.0798. The summed E-state index contributed by atoms with van der Waals surface area (Å²) in [5, 5.41) is 9.79. The molecule has 0 fully saturated rings. The third-order valence-electron chi connectivity index (χ3n) is 3.87. The highest BCUT2D eigenvalue weighted by Crippen LogP contribution is 2.15. The van der Waals surface area contributed by atoms with Crippen LogP contribution in [-0.4, -0.2) is 45.4 Å². The standard InChI is InChI=1S/C18H39N3O2/c1-5-8-11-19-14-18(4,15-20-12-9-6-2)16-23-17(22)21-13-10-7-3/h19-20H,5-16H2,1-4H3,(H,21,22). The second-order valence-electron chi connectivity index (χ2n) is 6.73. The molecule has 0 spiro atoms. The maximum atomic E-state index is 11.7. The summed E-state index contributed by atoms with van der Waals surface area (Å²) in [5.41, 5.74) is -0.0798.